The van der Waals surface area contributed by atoms with E-state index in [1.807, 2.05) is 60.7 Å². The Balaban J connectivity index is 2.33. The largest absolute Gasteiger partial charge is 0.376 e. The van der Waals surface area contributed by atoms with E-state index in [1.54, 1.807) is 24.3 Å². The van der Waals surface area contributed by atoms with Crippen LogP contribution in [-0.2, 0) is 5.60 Å². The Morgan fingerprint density at radius 2 is 1.17 bits per heavy atom. The van der Waals surface area contributed by atoms with E-state index in [4.69, 9.17) is 5.73 Å². The average molecular weight is 303 g/mol. The summed E-state index contributed by atoms with van der Waals surface area (Å²) in [6, 6.07) is 25.4. The SMILES string of the molecule is NC(=O)c1ccccc1C(O)(c1ccccc1)c1ccccc1. The maximum atomic E-state index is 11.8. The highest BCUT2D eigenvalue weighted by Crippen LogP contribution is 2.38. The summed E-state index contributed by atoms with van der Waals surface area (Å²) >= 11 is 0. The Morgan fingerprint density at radius 3 is 1.65 bits per heavy atom. The fourth-order valence-corrected chi connectivity index (χ4v) is 2.85. The van der Waals surface area contributed by atoms with Gasteiger partial charge in [0.2, 0.25) is 5.91 Å². The molecule has 0 heterocycles. The summed E-state index contributed by atoms with van der Waals surface area (Å²) in [5.74, 6) is -0.564. The fourth-order valence-electron chi connectivity index (χ4n) is 2.85. The molecule has 0 unspecified atom stereocenters. The second-order valence-electron chi connectivity index (χ2n) is 5.35. The summed E-state index contributed by atoms with van der Waals surface area (Å²) in [5.41, 5.74) is 6.21. The Bertz CT molecular complexity index is 774. The molecule has 0 aliphatic rings. The van der Waals surface area contributed by atoms with Crippen molar-refractivity contribution in [1.29, 1.82) is 0 Å². The highest BCUT2D eigenvalue weighted by atomic mass is 16.3. The van der Waals surface area contributed by atoms with Gasteiger partial charge < -0.3 is 10.8 Å². The quantitative estimate of drug-likeness (QED) is 0.728. The van der Waals surface area contributed by atoms with Crippen molar-refractivity contribution in [2.24, 2.45) is 5.73 Å². The number of primary amides is 1. The van der Waals surface area contributed by atoms with Crippen LogP contribution < -0.4 is 5.73 Å². The molecule has 0 bridgehead atoms. The minimum Gasteiger partial charge on any atom is -0.376 e. The van der Waals surface area contributed by atoms with Gasteiger partial charge in [0.05, 0.1) is 0 Å². The highest BCUT2D eigenvalue weighted by molar-refractivity contribution is 5.95. The lowest BCUT2D eigenvalue weighted by Gasteiger charge is -2.31. The molecule has 3 rings (SSSR count). The molecule has 0 saturated carbocycles. The summed E-state index contributed by atoms with van der Waals surface area (Å²) in [4.78, 5) is 11.8. The number of benzene rings is 3. The van der Waals surface area contributed by atoms with Crippen LogP contribution in [-0.4, -0.2) is 11.0 Å². The third-order valence-corrected chi connectivity index (χ3v) is 3.97. The van der Waals surface area contributed by atoms with E-state index in [0.29, 0.717) is 22.3 Å². The van der Waals surface area contributed by atoms with Gasteiger partial charge in [-0.3, -0.25) is 4.79 Å². The third kappa shape index (κ3) is 2.62. The summed E-state index contributed by atoms with van der Waals surface area (Å²) in [6.45, 7) is 0. The molecule has 3 aromatic carbocycles. The van der Waals surface area contributed by atoms with Gasteiger partial charge in [-0.25, -0.2) is 0 Å². The lowest BCUT2D eigenvalue weighted by atomic mass is 9.78. The normalized spacial score (nSPS) is 11.2. The summed E-state index contributed by atoms with van der Waals surface area (Å²) in [5, 5.41) is 11.6. The van der Waals surface area contributed by atoms with Gasteiger partial charge in [-0.1, -0.05) is 78.9 Å². The first-order valence-corrected chi connectivity index (χ1v) is 7.37. The van der Waals surface area contributed by atoms with E-state index in [1.165, 1.54) is 0 Å². The first kappa shape index (κ1) is 15.0. The van der Waals surface area contributed by atoms with Crippen molar-refractivity contribution in [3.63, 3.8) is 0 Å². The number of carbonyl (C=O) groups is 1. The average Bonchev–Trinajstić information content (AvgIpc) is 2.62. The minimum atomic E-state index is -1.45. The van der Waals surface area contributed by atoms with Gasteiger partial charge in [0.1, 0.15) is 5.60 Å². The van der Waals surface area contributed by atoms with Gasteiger partial charge in [0.25, 0.3) is 0 Å². The van der Waals surface area contributed by atoms with Gasteiger partial charge in [0, 0.05) is 11.1 Å². The zero-order chi connectivity index (χ0) is 16.3. The van der Waals surface area contributed by atoms with Crippen molar-refractivity contribution in [2.45, 2.75) is 5.60 Å². The molecule has 3 N–H and O–H groups in total. The topological polar surface area (TPSA) is 63.3 Å². The van der Waals surface area contributed by atoms with Crippen LogP contribution in [0.25, 0.3) is 0 Å². The molecule has 23 heavy (non-hydrogen) atoms. The number of hydrogen-bond acceptors (Lipinski definition) is 2. The van der Waals surface area contributed by atoms with Crippen LogP contribution in [0.2, 0.25) is 0 Å². The number of rotatable bonds is 4. The van der Waals surface area contributed by atoms with E-state index in [2.05, 4.69) is 0 Å². The van der Waals surface area contributed by atoms with Crippen molar-refractivity contribution in [3.8, 4) is 0 Å². The number of carbonyl (C=O) groups excluding carboxylic acids is 1. The van der Waals surface area contributed by atoms with Gasteiger partial charge in [-0.05, 0) is 17.2 Å². The number of nitrogens with two attached hydrogens (primary N) is 1. The van der Waals surface area contributed by atoms with Crippen LogP contribution in [0.15, 0.2) is 84.9 Å². The molecule has 0 aromatic heterocycles. The molecular formula is C20H17NO2. The van der Waals surface area contributed by atoms with Crippen molar-refractivity contribution in [2.75, 3.05) is 0 Å². The molecular weight excluding hydrogens is 286 g/mol. The molecule has 0 saturated heterocycles. The Morgan fingerprint density at radius 1 is 0.739 bits per heavy atom. The molecule has 0 radical (unpaired) electrons. The maximum Gasteiger partial charge on any atom is 0.249 e. The van der Waals surface area contributed by atoms with Crippen molar-refractivity contribution in [1.82, 2.24) is 0 Å². The van der Waals surface area contributed by atoms with E-state index < -0.39 is 11.5 Å². The maximum absolute atomic E-state index is 11.8. The van der Waals surface area contributed by atoms with Crippen LogP contribution >= 0.6 is 0 Å². The van der Waals surface area contributed by atoms with Crippen molar-refractivity contribution >= 4 is 5.91 Å². The Labute approximate surface area is 135 Å². The molecule has 0 aliphatic carbocycles. The number of aliphatic hydroxyl groups is 1. The van der Waals surface area contributed by atoms with Crippen LogP contribution in [0.3, 0.4) is 0 Å². The smallest absolute Gasteiger partial charge is 0.249 e. The number of hydrogen-bond donors (Lipinski definition) is 2. The van der Waals surface area contributed by atoms with Crippen molar-refractivity contribution in [3.05, 3.63) is 107 Å². The monoisotopic (exact) mass is 303 g/mol. The molecule has 3 aromatic rings. The second-order valence-corrected chi connectivity index (χ2v) is 5.35. The lowest BCUT2D eigenvalue weighted by Crippen LogP contribution is -2.32. The van der Waals surface area contributed by atoms with E-state index in [-0.39, 0.29) is 0 Å². The molecule has 114 valence electrons. The molecule has 0 spiro atoms. The summed E-state index contributed by atoms with van der Waals surface area (Å²) in [6.07, 6.45) is 0. The van der Waals surface area contributed by atoms with Crippen LogP contribution in [0, 0.1) is 0 Å². The predicted molar refractivity (Wildman–Crippen MR) is 89.9 cm³/mol. The van der Waals surface area contributed by atoms with Gasteiger partial charge in [0.15, 0.2) is 0 Å². The first-order chi connectivity index (χ1) is 11.1. The molecule has 0 fully saturated rings. The zero-order valence-electron chi connectivity index (χ0n) is 12.5. The summed E-state index contributed by atoms with van der Waals surface area (Å²) < 4.78 is 0. The van der Waals surface area contributed by atoms with Gasteiger partial charge in [-0.2, -0.15) is 0 Å². The Kier molecular flexibility index (Phi) is 3.96. The molecule has 3 heteroatoms. The van der Waals surface area contributed by atoms with Crippen LogP contribution in [0.1, 0.15) is 27.0 Å². The first-order valence-electron chi connectivity index (χ1n) is 7.37. The summed E-state index contributed by atoms with van der Waals surface area (Å²) in [7, 11) is 0. The molecule has 0 aliphatic heterocycles. The van der Waals surface area contributed by atoms with E-state index in [9.17, 15) is 9.90 Å². The molecule has 3 nitrogen and oxygen atoms in total. The van der Waals surface area contributed by atoms with Crippen LogP contribution in [0.4, 0.5) is 0 Å². The van der Waals surface area contributed by atoms with Crippen molar-refractivity contribution < 1.29 is 9.90 Å². The standard InChI is InChI=1S/C20H17NO2/c21-19(22)17-13-7-8-14-18(17)20(23,15-9-3-1-4-10-15)16-11-5-2-6-12-16/h1-14,23H,(H2,21,22). The number of amides is 1. The molecule has 0 atom stereocenters. The van der Waals surface area contributed by atoms with Gasteiger partial charge in [-0.15, -0.1) is 0 Å². The highest BCUT2D eigenvalue weighted by Gasteiger charge is 2.36. The Hall–Kier alpha value is -2.91. The minimum absolute atomic E-state index is 0.308. The fraction of sp³-hybridized carbons (Fsp3) is 0.0500. The zero-order valence-corrected chi connectivity index (χ0v) is 12.5. The third-order valence-electron chi connectivity index (χ3n) is 3.97. The van der Waals surface area contributed by atoms with Gasteiger partial charge >= 0.3 is 0 Å². The predicted octanol–water partition coefficient (Wildman–Crippen LogP) is 3.07. The van der Waals surface area contributed by atoms with E-state index in [0.717, 1.165) is 0 Å². The van der Waals surface area contributed by atoms with Crippen LogP contribution in [0.5, 0.6) is 0 Å². The molecule has 1 amide bonds. The second kappa shape index (κ2) is 6.07. The lowest BCUT2D eigenvalue weighted by molar-refractivity contribution is 0.0975. The van der Waals surface area contributed by atoms with E-state index >= 15 is 0 Å².